The summed E-state index contributed by atoms with van der Waals surface area (Å²) in [6, 6.07) is 11.2. The molecular formula is C41H51F4N5O3S. The molecule has 13 heteroatoms. The maximum absolute atomic E-state index is 14.5. The number of carbonyl (C=O) groups excluding carboxylic acids is 2. The lowest BCUT2D eigenvalue weighted by molar-refractivity contribution is -0.136. The predicted octanol–water partition coefficient (Wildman–Crippen LogP) is 8.31. The van der Waals surface area contributed by atoms with Gasteiger partial charge in [-0.15, -0.1) is 0 Å². The van der Waals surface area contributed by atoms with Crippen molar-refractivity contribution in [1.82, 2.24) is 26.3 Å². The minimum atomic E-state index is -4.57. The molecule has 292 valence electrons. The Labute approximate surface area is 319 Å². The summed E-state index contributed by atoms with van der Waals surface area (Å²) in [6.07, 6.45) is 0.918. The summed E-state index contributed by atoms with van der Waals surface area (Å²) in [4.78, 5) is 30.6. The number of fused-ring (bicyclic) bond motifs is 3. The quantitative estimate of drug-likeness (QED) is 0.0652. The summed E-state index contributed by atoms with van der Waals surface area (Å²) >= 11 is 5.75. The second-order valence-corrected chi connectivity index (χ2v) is 14.8. The van der Waals surface area contributed by atoms with Crippen molar-refractivity contribution >= 4 is 39.9 Å². The van der Waals surface area contributed by atoms with Crippen molar-refractivity contribution in [1.29, 1.82) is 0 Å². The van der Waals surface area contributed by atoms with Gasteiger partial charge >= 0.3 is 6.18 Å². The maximum atomic E-state index is 14.5. The summed E-state index contributed by atoms with van der Waals surface area (Å²) in [5, 5.41) is 12.7. The number of halogens is 4. The largest absolute Gasteiger partial charge is 0.472 e. The van der Waals surface area contributed by atoms with E-state index in [0.717, 1.165) is 17.5 Å². The van der Waals surface area contributed by atoms with Crippen LogP contribution in [-0.4, -0.2) is 39.9 Å². The average Bonchev–Trinajstić information content (AvgIpc) is 3.80. The number of amides is 2. The van der Waals surface area contributed by atoms with E-state index in [4.69, 9.17) is 16.6 Å². The van der Waals surface area contributed by atoms with Gasteiger partial charge in [-0.3, -0.25) is 9.59 Å². The Morgan fingerprint density at radius 2 is 1.76 bits per heavy atom. The number of H-pyrrole nitrogens is 1. The number of para-hydroxylation sites is 1. The van der Waals surface area contributed by atoms with Crippen LogP contribution in [0, 0.1) is 17.7 Å². The number of hydrogen-bond donors (Lipinski definition) is 5. The first-order chi connectivity index (χ1) is 25.6. The van der Waals surface area contributed by atoms with Crippen LogP contribution >= 0.6 is 12.2 Å². The Hall–Kier alpha value is -4.65. The molecule has 0 saturated carbocycles. The standard InChI is InChI=1S/C36H39F4N5O3S.C5H12/c1-4-21(2)31(33(49)42-19-23-13-15-48-20-23)44-34(47)35(45-22(3)18-41-30(46)16-24-8-5-6-11-28(24)37)14-12-29-26(17-35)25-9-7-10-27(32(25)43-29)36(38,39)40;1-4-5(2)3/h5-11,13,15,20-21,31,43,45H,3-4,12,14,16-19H2,1-2H3,(H,41,46)(H,42,49)(H,44,47);5H,4H2,1-3H3/t21?,31-,35?;/m0./s1. The molecule has 0 spiro atoms. The van der Waals surface area contributed by atoms with Crippen LogP contribution in [0.15, 0.2) is 77.8 Å². The lowest BCUT2D eigenvalue weighted by Crippen LogP contribution is -2.63. The van der Waals surface area contributed by atoms with E-state index in [1.165, 1.54) is 30.7 Å². The van der Waals surface area contributed by atoms with E-state index in [0.29, 0.717) is 40.3 Å². The molecule has 5 N–H and O–H groups in total. The highest BCUT2D eigenvalue weighted by atomic mass is 32.1. The molecule has 3 atom stereocenters. The molecule has 0 saturated heterocycles. The molecule has 2 aromatic carbocycles. The van der Waals surface area contributed by atoms with Gasteiger partial charge in [0.1, 0.15) is 11.4 Å². The van der Waals surface area contributed by atoms with Crippen LogP contribution < -0.4 is 21.3 Å². The van der Waals surface area contributed by atoms with E-state index in [-0.39, 0.29) is 49.2 Å². The average molecular weight is 770 g/mol. The Kier molecular flexibility index (Phi) is 14.5. The summed E-state index contributed by atoms with van der Waals surface area (Å²) in [7, 11) is 0. The fourth-order valence-electron chi connectivity index (χ4n) is 6.20. The second kappa shape index (κ2) is 18.6. The summed E-state index contributed by atoms with van der Waals surface area (Å²) in [6.45, 7) is 15.0. The van der Waals surface area contributed by atoms with Crippen LogP contribution in [0.5, 0.6) is 0 Å². The highest BCUT2D eigenvalue weighted by molar-refractivity contribution is 7.80. The first-order valence-corrected chi connectivity index (χ1v) is 18.7. The zero-order chi connectivity index (χ0) is 39.6. The number of carbonyl (C=O) groups is 2. The number of aryl methyl sites for hydroxylation is 1. The van der Waals surface area contributed by atoms with Gasteiger partial charge in [0, 0.05) is 35.3 Å². The lowest BCUT2D eigenvalue weighted by Gasteiger charge is -2.40. The third-order valence-electron chi connectivity index (χ3n) is 9.92. The lowest BCUT2D eigenvalue weighted by atomic mass is 9.78. The van der Waals surface area contributed by atoms with Crippen LogP contribution in [0.3, 0.4) is 0 Å². The van der Waals surface area contributed by atoms with E-state index >= 15 is 0 Å². The predicted molar refractivity (Wildman–Crippen MR) is 208 cm³/mol. The number of alkyl halides is 3. The van der Waals surface area contributed by atoms with Gasteiger partial charge < -0.3 is 30.7 Å². The molecule has 5 rings (SSSR count). The number of furan rings is 1. The molecule has 0 fully saturated rings. The molecule has 2 heterocycles. The second-order valence-electron chi connectivity index (χ2n) is 14.3. The van der Waals surface area contributed by atoms with Crippen molar-refractivity contribution in [2.45, 2.75) is 97.4 Å². The van der Waals surface area contributed by atoms with Gasteiger partial charge in [0.05, 0.1) is 47.6 Å². The molecule has 0 bridgehead atoms. The molecule has 0 radical (unpaired) electrons. The van der Waals surface area contributed by atoms with Gasteiger partial charge in [-0.1, -0.05) is 96.6 Å². The van der Waals surface area contributed by atoms with E-state index < -0.39 is 41.0 Å². The fourth-order valence-corrected chi connectivity index (χ4v) is 6.57. The molecule has 54 heavy (non-hydrogen) atoms. The molecular weight excluding hydrogens is 719 g/mol. The zero-order valence-electron chi connectivity index (χ0n) is 31.5. The molecule has 2 aromatic heterocycles. The number of benzene rings is 2. The first kappa shape index (κ1) is 42.1. The number of rotatable bonds is 14. The van der Waals surface area contributed by atoms with Crippen LogP contribution in [-0.2, 0) is 41.6 Å². The Bertz CT molecular complexity index is 1910. The zero-order valence-corrected chi connectivity index (χ0v) is 32.3. The van der Waals surface area contributed by atoms with Crippen LogP contribution in [0.25, 0.3) is 10.9 Å². The van der Waals surface area contributed by atoms with Crippen LogP contribution in [0.4, 0.5) is 17.6 Å². The van der Waals surface area contributed by atoms with Gasteiger partial charge in [0.2, 0.25) is 11.8 Å². The third kappa shape index (κ3) is 10.7. The van der Waals surface area contributed by atoms with Gasteiger partial charge in [-0.25, -0.2) is 4.39 Å². The molecule has 0 aliphatic heterocycles. The van der Waals surface area contributed by atoms with Crippen molar-refractivity contribution in [3.63, 3.8) is 0 Å². The van der Waals surface area contributed by atoms with Crippen LogP contribution in [0.2, 0.25) is 0 Å². The van der Waals surface area contributed by atoms with Crippen molar-refractivity contribution in [3.05, 3.63) is 107 Å². The SMILES string of the molecule is C=C(CNC(=O)Cc1ccccc1F)NC1(C(=O)N[C@H](C(=S)NCc2ccoc2)C(C)CC)CCc2[nH]c3c(C(F)(F)F)cccc3c2C1.CCC(C)C. The molecule has 2 amide bonds. The molecule has 8 nitrogen and oxygen atoms in total. The number of hydrogen-bond acceptors (Lipinski definition) is 5. The van der Waals surface area contributed by atoms with Gasteiger partial charge in [0.15, 0.2) is 0 Å². The molecule has 1 aliphatic carbocycles. The third-order valence-corrected chi connectivity index (χ3v) is 10.3. The maximum Gasteiger partial charge on any atom is 0.418 e. The summed E-state index contributed by atoms with van der Waals surface area (Å²) < 4.78 is 61.1. The fraction of sp³-hybridized carbons (Fsp3) is 0.439. The minimum absolute atomic E-state index is 0.0300. The van der Waals surface area contributed by atoms with Crippen molar-refractivity contribution < 1.29 is 31.6 Å². The van der Waals surface area contributed by atoms with Crippen molar-refractivity contribution in [2.24, 2.45) is 11.8 Å². The van der Waals surface area contributed by atoms with Crippen LogP contribution in [0.1, 0.15) is 81.8 Å². The van der Waals surface area contributed by atoms with E-state index in [9.17, 15) is 27.2 Å². The van der Waals surface area contributed by atoms with E-state index in [1.807, 2.05) is 13.8 Å². The summed E-state index contributed by atoms with van der Waals surface area (Å²) in [5.41, 5.74) is 0.462. The number of nitrogens with one attached hydrogen (secondary N) is 5. The number of thiocarbonyl (C=S) groups is 1. The molecule has 2 unspecified atom stereocenters. The smallest absolute Gasteiger partial charge is 0.418 e. The Morgan fingerprint density at radius 3 is 2.39 bits per heavy atom. The van der Waals surface area contributed by atoms with Gasteiger partial charge in [-0.05, 0) is 54.0 Å². The molecule has 4 aromatic rings. The van der Waals surface area contributed by atoms with Gasteiger partial charge in [0.25, 0.3) is 0 Å². The number of aromatic nitrogens is 1. The highest BCUT2D eigenvalue weighted by Crippen LogP contribution is 2.40. The van der Waals surface area contributed by atoms with E-state index in [1.54, 1.807) is 30.7 Å². The number of aromatic amines is 1. The highest BCUT2D eigenvalue weighted by Gasteiger charge is 2.45. The van der Waals surface area contributed by atoms with E-state index in [2.05, 4.69) is 53.6 Å². The van der Waals surface area contributed by atoms with Crippen molar-refractivity contribution in [2.75, 3.05) is 6.54 Å². The molecule has 1 aliphatic rings. The summed E-state index contributed by atoms with van der Waals surface area (Å²) in [5.74, 6) is -0.526. The Balaban J connectivity index is 0.00000122. The van der Waals surface area contributed by atoms with Crippen molar-refractivity contribution in [3.8, 4) is 0 Å². The first-order valence-electron chi connectivity index (χ1n) is 18.3. The monoisotopic (exact) mass is 769 g/mol. The normalized spacial score (nSPS) is 16.4. The minimum Gasteiger partial charge on any atom is -0.472 e. The topological polar surface area (TPSA) is 111 Å². The Morgan fingerprint density at radius 1 is 1.04 bits per heavy atom. The van der Waals surface area contributed by atoms with Gasteiger partial charge in [-0.2, -0.15) is 13.2 Å².